The molecule has 2 rings (SSSR count). The number of hydrogen-bond acceptors (Lipinski definition) is 4. The first-order valence-corrected chi connectivity index (χ1v) is 8.36. The Hall–Kier alpha value is -0.650. The van der Waals surface area contributed by atoms with Crippen LogP contribution in [0.15, 0.2) is 0 Å². The summed E-state index contributed by atoms with van der Waals surface area (Å²) in [5.41, 5.74) is -0.762. The zero-order valence-corrected chi connectivity index (χ0v) is 13.9. The smallest absolute Gasteiger partial charge is 0.325 e. The van der Waals surface area contributed by atoms with E-state index in [-0.39, 0.29) is 12.0 Å². The number of likely N-dealkylation sites (N-methyl/N-ethyl adjacent to an activating group) is 1. The molecule has 0 aromatic heterocycles. The SMILES string of the molecule is CCN1CCN(CC(NC(C)C)(C(=O)O)C2CC2)CC1C. The largest absolute Gasteiger partial charge is 0.480 e. The van der Waals surface area contributed by atoms with E-state index in [9.17, 15) is 9.90 Å². The normalized spacial score (nSPS) is 27.8. The Morgan fingerprint density at radius 3 is 2.48 bits per heavy atom. The van der Waals surface area contributed by atoms with Gasteiger partial charge in [0.15, 0.2) is 0 Å². The summed E-state index contributed by atoms with van der Waals surface area (Å²) in [5.74, 6) is -0.388. The molecule has 0 radical (unpaired) electrons. The molecule has 2 aliphatic rings. The number of aliphatic carboxylic acids is 1. The van der Waals surface area contributed by atoms with Gasteiger partial charge in [0, 0.05) is 38.3 Å². The molecule has 5 nitrogen and oxygen atoms in total. The Balaban J connectivity index is 2.07. The van der Waals surface area contributed by atoms with Gasteiger partial charge in [0.2, 0.25) is 0 Å². The average molecular weight is 297 g/mol. The molecule has 0 spiro atoms. The van der Waals surface area contributed by atoms with Crippen LogP contribution in [-0.2, 0) is 4.79 Å². The van der Waals surface area contributed by atoms with Crippen molar-refractivity contribution in [3.63, 3.8) is 0 Å². The van der Waals surface area contributed by atoms with Crippen molar-refractivity contribution in [3.8, 4) is 0 Å². The van der Waals surface area contributed by atoms with Crippen molar-refractivity contribution in [2.75, 3.05) is 32.7 Å². The molecule has 1 heterocycles. The van der Waals surface area contributed by atoms with Crippen LogP contribution >= 0.6 is 0 Å². The van der Waals surface area contributed by atoms with E-state index in [1.807, 2.05) is 13.8 Å². The van der Waals surface area contributed by atoms with Gasteiger partial charge in [-0.3, -0.25) is 19.9 Å². The van der Waals surface area contributed by atoms with Gasteiger partial charge >= 0.3 is 5.97 Å². The molecule has 2 unspecified atom stereocenters. The summed E-state index contributed by atoms with van der Waals surface area (Å²) in [6, 6.07) is 0.699. The van der Waals surface area contributed by atoms with Gasteiger partial charge < -0.3 is 5.11 Å². The quantitative estimate of drug-likeness (QED) is 0.740. The summed E-state index contributed by atoms with van der Waals surface area (Å²) >= 11 is 0. The van der Waals surface area contributed by atoms with Crippen LogP contribution in [0.3, 0.4) is 0 Å². The summed E-state index contributed by atoms with van der Waals surface area (Å²) in [7, 11) is 0. The highest BCUT2D eigenvalue weighted by molar-refractivity contribution is 5.80. The third kappa shape index (κ3) is 3.76. The number of nitrogens with one attached hydrogen (secondary N) is 1. The van der Waals surface area contributed by atoms with Gasteiger partial charge in [-0.15, -0.1) is 0 Å². The fourth-order valence-electron chi connectivity index (χ4n) is 3.72. The molecule has 0 aromatic carbocycles. The van der Waals surface area contributed by atoms with Crippen LogP contribution in [0.1, 0.15) is 40.5 Å². The zero-order chi connectivity index (χ0) is 15.6. The number of carboxylic acid groups (broad SMARTS) is 1. The molecular formula is C16H31N3O2. The van der Waals surface area contributed by atoms with Crippen molar-refractivity contribution in [2.24, 2.45) is 5.92 Å². The Bertz CT molecular complexity index is 371. The Kier molecular flexibility index (Phi) is 5.28. The summed E-state index contributed by atoms with van der Waals surface area (Å²) in [6.45, 7) is 13.2. The molecule has 1 saturated carbocycles. The third-order valence-electron chi connectivity index (χ3n) is 4.93. The lowest BCUT2D eigenvalue weighted by molar-refractivity contribution is -0.147. The maximum absolute atomic E-state index is 12.0. The number of hydrogen-bond donors (Lipinski definition) is 2. The highest BCUT2D eigenvalue weighted by Gasteiger charge is 2.52. The van der Waals surface area contributed by atoms with E-state index in [1.54, 1.807) is 0 Å². The van der Waals surface area contributed by atoms with Gasteiger partial charge in [0.1, 0.15) is 5.54 Å². The Morgan fingerprint density at radius 1 is 1.38 bits per heavy atom. The first-order valence-electron chi connectivity index (χ1n) is 8.36. The van der Waals surface area contributed by atoms with Crippen LogP contribution < -0.4 is 5.32 Å². The average Bonchev–Trinajstić information content (AvgIpc) is 3.21. The first kappa shape index (κ1) is 16.7. The molecule has 122 valence electrons. The molecule has 5 heteroatoms. The van der Waals surface area contributed by atoms with E-state index >= 15 is 0 Å². The minimum absolute atomic E-state index is 0.191. The highest BCUT2D eigenvalue weighted by atomic mass is 16.4. The topological polar surface area (TPSA) is 55.8 Å². The summed E-state index contributed by atoms with van der Waals surface area (Å²) in [6.07, 6.45) is 2.08. The second kappa shape index (κ2) is 6.63. The standard InChI is InChI=1S/C16H31N3O2/c1-5-19-9-8-18(10-13(19)4)11-16(15(20)21,14-6-7-14)17-12(2)3/h12-14,17H,5-11H2,1-4H3,(H,20,21). The first-order chi connectivity index (χ1) is 9.89. The van der Waals surface area contributed by atoms with Crippen LogP contribution in [0.4, 0.5) is 0 Å². The van der Waals surface area contributed by atoms with Gasteiger partial charge in [-0.25, -0.2) is 0 Å². The fourth-order valence-corrected chi connectivity index (χ4v) is 3.72. The lowest BCUT2D eigenvalue weighted by atomic mass is 9.90. The number of nitrogens with zero attached hydrogens (tertiary/aromatic N) is 2. The zero-order valence-electron chi connectivity index (χ0n) is 13.9. The van der Waals surface area contributed by atoms with Gasteiger partial charge in [-0.05, 0) is 46.1 Å². The second-order valence-electron chi connectivity index (χ2n) is 7.06. The summed E-state index contributed by atoms with van der Waals surface area (Å²) < 4.78 is 0. The van der Waals surface area contributed by atoms with Crippen LogP contribution in [0, 0.1) is 5.92 Å². The van der Waals surface area contributed by atoms with Crippen LogP contribution in [0.2, 0.25) is 0 Å². The van der Waals surface area contributed by atoms with Gasteiger partial charge in [-0.1, -0.05) is 6.92 Å². The van der Waals surface area contributed by atoms with Crippen molar-refractivity contribution < 1.29 is 9.90 Å². The molecule has 1 aliphatic heterocycles. The highest BCUT2D eigenvalue weighted by Crippen LogP contribution is 2.41. The van der Waals surface area contributed by atoms with Crippen molar-refractivity contribution in [1.82, 2.24) is 15.1 Å². The minimum atomic E-state index is -0.762. The van der Waals surface area contributed by atoms with E-state index in [0.29, 0.717) is 12.6 Å². The lowest BCUT2D eigenvalue weighted by Crippen LogP contribution is -2.65. The predicted molar refractivity (Wildman–Crippen MR) is 84.5 cm³/mol. The summed E-state index contributed by atoms with van der Waals surface area (Å²) in [4.78, 5) is 16.8. The van der Waals surface area contributed by atoms with Gasteiger partial charge in [0.05, 0.1) is 0 Å². The molecule has 0 amide bonds. The number of carboxylic acids is 1. The Labute approximate surface area is 128 Å². The van der Waals surface area contributed by atoms with Crippen LogP contribution in [-0.4, -0.2) is 71.2 Å². The van der Waals surface area contributed by atoms with Crippen molar-refractivity contribution in [1.29, 1.82) is 0 Å². The van der Waals surface area contributed by atoms with E-state index < -0.39 is 11.5 Å². The minimum Gasteiger partial charge on any atom is -0.480 e. The number of carbonyl (C=O) groups is 1. The van der Waals surface area contributed by atoms with E-state index in [2.05, 4.69) is 29.0 Å². The maximum Gasteiger partial charge on any atom is 0.325 e. The maximum atomic E-state index is 12.0. The van der Waals surface area contributed by atoms with Crippen LogP contribution in [0.5, 0.6) is 0 Å². The lowest BCUT2D eigenvalue weighted by Gasteiger charge is -2.44. The van der Waals surface area contributed by atoms with E-state index in [0.717, 1.165) is 39.0 Å². The Morgan fingerprint density at radius 2 is 2.05 bits per heavy atom. The molecule has 0 bridgehead atoms. The van der Waals surface area contributed by atoms with Crippen molar-refractivity contribution in [2.45, 2.75) is 58.2 Å². The van der Waals surface area contributed by atoms with Gasteiger partial charge in [0.25, 0.3) is 0 Å². The number of rotatable bonds is 7. The van der Waals surface area contributed by atoms with Gasteiger partial charge in [-0.2, -0.15) is 0 Å². The predicted octanol–water partition coefficient (Wildman–Crippen LogP) is 1.24. The molecule has 21 heavy (non-hydrogen) atoms. The fraction of sp³-hybridized carbons (Fsp3) is 0.938. The monoisotopic (exact) mass is 297 g/mol. The second-order valence-corrected chi connectivity index (χ2v) is 7.06. The van der Waals surface area contributed by atoms with E-state index in [1.165, 1.54) is 0 Å². The molecule has 2 fully saturated rings. The molecule has 1 aliphatic carbocycles. The molecule has 2 N–H and O–H groups in total. The molecule has 2 atom stereocenters. The summed E-state index contributed by atoms with van der Waals surface area (Å²) in [5, 5.41) is 13.3. The van der Waals surface area contributed by atoms with Crippen LogP contribution in [0.25, 0.3) is 0 Å². The molecule has 1 saturated heterocycles. The third-order valence-corrected chi connectivity index (χ3v) is 4.93. The van der Waals surface area contributed by atoms with Crippen molar-refractivity contribution in [3.05, 3.63) is 0 Å². The molecule has 0 aromatic rings. The van der Waals surface area contributed by atoms with E-state index in [4.69, 9.17) is 0 Å². The molecular weight excluding hydrogens is 266 g/mol. The van der Waals surface area contributed by atoms with Crippen molar-refractivity contribution >= 4 is 5.97 Å². The number of piperazine rings is 1.